The summed E-state index contributed by atoms with van der Waals surface area (Å²) >= 11 is 5.88. The third kappa shape index (κ3) is 7.46. The molecule has 29 heavy (non-hydrogen) atoms. The van der Waals surface area contributed by atoms with Gasteiger partial charge < -0.3 is 20.7 Å². The van der Waals surface area contributed by atoms with E-state index in [1.807, 2.05) is 13.8 Å². The standard InChI is InChI=1S/C21H24ClN3O4/c1-13(2)24-21(28)23-12-15-7-9-16(10-8-15)20(27)29-14(3)19(26)25-18-6-4-5-17(22)11-18/h4-11,13-14H,12H2,1-3H3,(H,25,26)(H2,23,24,28)/t14-/m0/s1. The summed E-state index contributed by atoms with van der Waals surface area (Å²) in [5, 5.41) is 8.58. The number of nitrogens with one attached hydrogen (secondary N) is 3. The van der Waals surface area contributed by atoms with Crippen LogP contribution in [0.5, 0.6) is 0 Å². The Hall–Kier alpha value is -3.06. The molecule has 0 aliphatic carbocycles. The van der Waals surface area contributed by atoms with Crippen molar-refractivity contribution in [3.05, 3.63) is 64.7 Å². The van der Waals surface area contributed by atoms with Gasteiger partial charge >= 0.3 is 12.0 Å². The van der Waals surface area contributed by atoms with E-state index in [0.29, 0.717) is 22.8 Å². The monoisotopic (exact) mass is 417 g/mol. The zero-order valence-corrected chi connectivity index (χ0v) is 17.2. The van der Waals surface area contributed by atoms with Crippen molar-refractivity contribution in [2.45, 2.75) is 39.5 Å². The fraction of sp³-hybridized carbons (Fsp3) is 0.286. The SMILES string of the molecule is CC(C)NC(=O)NCc1ccc(C(=O)O[C@@H](C)C(=O)Nc2cccc(Cl)c2)cc1. The summed E-state index contributed by atoms with van der Waals surface area (Å²) in [5.74, 6) is -1.08. The molecule has 1 atom stereocenters. The highest BCUT2D eigenvalue weighted by Crippen LogP contribution is 2.15. The van der Waals surface area contributed by atoms with Gasteiger partial charge in [0.25, 0.3) is 5.91 Å². The first kappa shape index (κ1) is 22.2. The number of rotatable bonds is 7. The van der Waals surface area contributed by atoms with E-state index in [4.69, 9.17) is 16.3 Å². The summed E-state index contributed by atoms with van der Waals surface area (Å²) in [7, 11) is 0. The first-order valence-corrected chi connectivity index (χ1v) is 9.53. The number of ether oxygens (including phenoxy) is 1. The number of carbonyl (C=O) groups is 3. The Kier molecular flexibility index (Phi) is 8.03. The topological polar surface area (TPSA) is 96.5 Å². The van der Waals surface area contributed by atoms with Crippen LogP contribution in [-0.4, -0.2) is 30.1 Å². The minimum atomic E-state index is -0.984. The molecule has 0 unspecified atom stereocenters. The van der Waals surface area contributed by atoms with E-state index in [1.54, 1.807) is 48.5 Å². The number of halogens is 1. The van der Waals surface area contributed by atoms with E-state index in [-0.39, 0.29) is 12.1 Å². The zero-order valence-electron chi connectivity index (χ0n) is 16.5. The lowest BCUT2D eigenvalue weighted by molar-refractivity contribution is -0.123. The molecule has 3 amide bonds. The molecule has 0 saturated carbocycles. The minimum absolute atomic E-state index is 0.0465. The number of hydrogen-bond acceptors (Lipinski definition) is 4. The molecule has 0 aliphatic heterocycles. The maximum absolute atomic E-state index is 12.3. The Labute approximate surface area is 174 Å². The number of hydrogen-bond donors (Lipinski definition) is 3. The van der Waals surface area contributed by atoms with Crippen molar-refractivity contribution in [1.29, 1.82) is 0 Å². The molecule has 0 aliphatic rings. The molecule has 8 heteroatoms. The second-order valence-electron chi connectivity index (χ2n) is 6.73. The van der Waals surface area contributed by atoms with Gasteiger partial charge in [-0.2, -0.15) is 0 Å². The number of esters is 1. The fourth-order valence-corrected chi connectivity index (χ4v) is 2.54. The van der Waals surface area contributed by atoms with Crippen molar-refractivity contribution >= 4 is 35.2 Å². The number of carbonyl (C=O) groups excluding carboxylic acids is 3. The van der Waals surface area contributed by atoms with Crippen molar-refractivity contribution in [3.8, 4) is 0 Å². The van der Waals surface area contributed by atoms with Crippen molar-refractivity contribution in [1.82, 2.24) is 10.6 Å². The average Bonchev–Trinajstić information content (AvgIpc) is 2.66. The van der Waals surface area contributed by atoms with Crippen LogP contribution in [0.1, 0.15) is 36.7 Å². The van der Waals surface area contributed by atoms with Gasteiger partial charge in [-0.15, -0.1) is 0 Å². The quantitative estimate of drug-likeness (QED) is 0.598. The van der Waals surface area contributed by atoms with Crippen LogP contribution in [0.25, 0.3) is 0 Å². The van der Waals surface area contributed by atoms with Crippen molar-refractivity contribution in [2.75, 3.05) is 5.32 Å². The highest BCUT2D eigenvalue weighted by atomic mass is 35.5. The van der Waals surface area contributed by atoms with Crippen molar-refractivity contribution < 1.29 is 19.1 Å². The number of amides is 3. The summed E-state index contributed by atoms with van der Waals surface area (Å²) in [4.78, 5) is 36.0. The predicted molar refractivity (Wildman–Crippen MR) is 112 cm³/mol. The summed E-state index contributed by atoms with van der Waals surface area (Å²) in [5.41, 5.74) is 1.65. The first-order valence-electron chi connectivity index (χ1n) is 9.15. The van der Waals surface area contributed by atoms with Crippen LogP contribution < -0.4 is 16.0 Å². The van der Waals surface area contributed by atoms with Crippen LogP contribution in [0.15, 0.2) is 48.5 Å². The van der Waals surface area contributed by atoms with Crippen LogP contribution >= 0.6 is 11.6 Å². The Morgan fingerprint density at radius 3 is 2.34 bits per heavy atom. The maximum atomic E-state index is 12.3. The molecule has 2 aromatic rings. The summed E-state index contributed by atoms with van der Waals surface area (Å²) < 4.78 is 5.22. The van der Waals surface area contributed by atoms with Gasteiger partial charge in [0.1, 0.15) is 0 Å². The van der Waals surface area contributed by atoms with Gasteiger partial charge in [0.15, 0.2) is 6.10 Å². The molecule has 0 fully saturated rings. The van der Waals surface area contributed by atoms with Gasteiger partial charge in [0, 0.05) is 23.3 Å². The lowest BCUT2D eigenvalue weighted by Gasteiger charge is -2.14. The zero-order chi connectivity index (χ0) is 21.4. The van der Waals surface area contributed by atoms with E-state index < -0.39 is 18.0 Å². The van der Waals surface area contributed by atoms with Crippen LogP contribution in [0.3, 0.4) is 0 Å². The molecule has 0 radical (unpaired) electrons. The lowest BCUT2D eigenvalue weighted by Crippen LogP contribution is -2.39. The number of benzene rings is 2. The van der Waals surface area contributed by atoms with Crippen molar-refractivity contribution in [2.24, 2.45) is 0 Å². The normalized spacial score (nSPS) is 11.5. The van der Waals surface area contributed by atoms with E-state index in [2.05, 4.69) is 16.0 Å². The fourth-order valence-electron chi connectivity index (χ4n) is 2.35. The Morgan fingerprint density at radius 1 is 1.03 bits per heavy atom. The second-order valence-corrected chi connectivity index (χ2v) is 7.16. The molecule has 2 rings (SSSR count). The average molecular weight is 418 g/mol. The van der Waals surface area contributed by atoms with Gasteiger partial charge in [-0.1, -0.05) is 29.8 Å². The second kappa shape index (κ2) is 10.5. The molecule has 154 valence electrons. The van der Waals surface area contributed by atoms with Gasteiger partial charge in [-0.05, 0) is 56.7 Å². The number of urea groups is 1. The van der Waals surface area contributed by atoms with E-state index >= 15 is 0 Å². The Balaban J connectivity index is 1.86. The maximum Gasteiger partial charge on any atom is 0.338 e. The Morgan fingerprint density at radius 2 is 1.72 bits per heavy atom. The van der Waals surface area contributed by atoms with Gasteiger partial charge in [-0.25, -0.2) is 9.59 Å². The van der Waals surface area contributed by atoms with Crippen LogP contribution in [0.4, 0.5) is 10.5 Å². The number of anilines is 1. The third-order valence-electron chi connectivity index (χ3n) is 3.81. The molecule has 0 saturated heterocycles. The molecule has 0 spiro atoms. The van der Waals surface area contributed by atoms with Crippen LogP contribution in [0.2, 0.25) is 5.02 Å². The Bertz CT molecular complexity index is 868. The molecule has 3 N–H and O–H groups in total. The molecule has 0 bridgehead atoms. The first-order chi connectivity index (χ1) is 13.7. The largest absolute Gasteiger partial charge is 0.449 e. The van der Waals surface area contributed by atoms with Gasteiger partial charge in [0.05, 0.1) is 5.56 Å². The van der Waals surface area contributed by atoms with Gasteiger partial charge in [-0.3, -0.25) is 4.79 Å². The third-order valence-corrected chi connectivity index (χ3v) is 4.04. The highest BCUT2D eigenvalue weighted by Gasteiger charge is 2.19. The molecule has 0 heterocycles. The van der Waals surface area contributed by atoms with Crippen LogP contribution in [-0.2, 0) is 16.1 Å². The summed E-state index contributed by atoms with van der Waals surface area (Å²) in [6, 6.07) is 13.1. The summed E-state index contributed by atoms with van der Waals surface area (Å²) in [6.45, 7) is 5.56. The van der Waals surface area contributed by atoms with Crippen molar-refractivity contribution in [3.63, 3.8) is 0 Å². The highest BCUT2D eigenvalue weighted by molar-refractivity contribution is 6.30. The van der Waals surface area contributed by atoms with Crippen LogP contribution in [0, 0.1) is 0 Å². The molecule has 0 aromatic heterocycles. The molecular weight excluding hydrogens is 394 g/mol. The van der Waals surface area contributed by atoms with E-state index in [9.17, 15) is 14.4 Å². The molecular formula is C21H24ClN3O4. The predicted octanol–water partition coefficient (Wildman–Crippen LogP) is 3.73. The molecule has 7 nitrogen and oxygen atoms in total. The molecule has 2 aromatic carbocycles. The minimum Gasteiger partial charge on any atom is -0.449 e. The lowest BCUT2D eigenvalue weighted by atomic mass is 10.1. The van der Waals surface area contributed by atoms with E-state index in [1.165, 1.54) is 6.92 Å². The summed E-state index contributed by atoms with van der Waals surface area (Å²) in [6.07, 6.45) is -0.984. The van der Waals surface area contributed by atoms with Gasteiger partial charge in [0.2, 0.25) is 0 Å². The van der Waals surface area contributed by atoms with E-state index in [0.717, 1.165) is 5.56 Å². The smallest absolute Gasteiger partial charge is 0.338 e.